The summed E-state index contributed by atoms with van der Waals surface area (Å²) in [6, 6.07) is 6.22. The largest absolute Gasteiger partial charge is 0.373 e. The fraction of sp³-hybridized carbons (Fsp3) is 0.650. The standard InChI is InChI=1S/C20H31N3O4S/c1-15-12-22(13-16(2)27-15)14-18-7-9-23(10-8-18)20(24)11-17-3-5-19(6-4-17)28(21,25)26/h3-6,15-16,18H,7-14H2,1-2H3,(H2,21,25,26). The van der Waals surface area contributed by atoms with Crippen LogP contribution in [0.25, 0.3) is 0 Å². The number of amides is 1. The summed E-state index contributed by atoms with van der Waals surface area (Å²) in [4.78, 5) is 17.1. The molecule has 2 aliphatic heterocycles. The molecule has 2 fully saturated rings. The minimum absolute atomic E-state index is 0.0660. The molecule has 8 heteroatoms. The molecule has 0 radical (unpaired) electrons. The van der Waals surface area contributed by atoms with Gasteiger partial charge in [0.25, 0.3) is 0 Å². The molecule has 0 bridgehead atoms. The zero-order valence-electron chi connectivity index (χ0n) is 16.7. The molecule has 2 unspecified atom stereocenters. The van der Waals surface area contributed by atoms with E-state index in [1.807, 2.05) is 4.90 Å². The number of carbonyl (C=O) groups excluding carboxylic acids is 1. The van der Waals surface area contributed by atoms with Gasteiger partial charge in [-0.15, -0.1) is 0 Å². The Bertz CT molecular complexity index is 763. The Balaban J connectivity index is 1.46. The van der Waals surface area contributed by atoms with Crippen LogP contribution >= 0.6 is 0 Å². The second-order valence-electron chi connectivity index (χ2n) is 8.17. The van der Waals surface area contributed by atoms with Gasteiger partial charge in [0.15, 0.2) is 0 Å². The van der Waals surface area contributed by atoms with Gasteiger partial charge in [-0.1, -0.05) is 12.1 Å². The number of rotatable bonds is 5. The Morgan fingerprint density at radius 3 is 2.21 bits per heavy atom. The number of sulfonamides is 1. The van der Waals surface area contributed by atoms with Crippen molar-refractivity contribution in [2.45, 2.75) is 50.2 Å². The summed E-state index contributed by atoms with van der Waals surface area (Å²) in [5.41, 5.74) is 0.802. The molecule has 2 N–H and O–H groups in total. The summed E-state index contributed by atoms with van der Waals surface area (Å²) in [6.07, 6.45) is 2.90. The predicted octanol–water partition coefficient (Wildman–Crippen LogP) is 1.22. The van der Waals surface area contributed by atoms with Crippen molar-refractivity contribution in [3.8, 4) is 0 Å². The van der Waals surface area contributed by atoms with Crippen LogP contribution in [0, 0.1) is 5.92 Å². The maximum absolute atomic E-state index is 12.6. The van der Waals surface area contributed by atoms with Crippen molar-refractivity contribution in [3.05, 3.63) is 29.8 Å². The number of piperidine rings is 1. The third-order valence-corrected chi connectivity index (χ3v) is 6.52. The molecule has 156 valence electrons. The Morgan fingerprint density at radius 2 is 1.68 bits per heavy atom. The highest BCUT2D eigenvalue weighted by Gasteiger charge is 2.28. The van der Waals surface area contributed by atoms with Crippen LogP contribution in [0.15, 0.2) is 29.2 Å². The SMILES string of the molecule is CC1CN(CC2CCN(C(=O)Cc3ccc(S(N)(=O)=O)cc3)CC2)CC(C)O1. The topological polar surface area (TPSA) is 92.9 Å². The van der Waals surface area contributed by atoms with Crippen molar-refractivity contribution in [1.29, 1.82) is 0 Å². The van der Waals surface area contributed by atoms with E-state index in [9.17, 15) is 13.2 Å². The quantitative estimate of drug-likeness (QED) is 0.789. The van der Waals surface area contributed by atoms with Crippen LogP contribution in [-0.4, -0.2) is 69.1 Å². The average molecular weight is 410 g/mol. The van der Waals surface area contributed by atoms with E-state index < -0.39 is 10.0 Å². The third kappa shape index (κ3) is 5.76. The molecule has 1 amide bonds. The smallest absolute Gasteiger partial charge is 0.238 e. The fourth-order valence-corrected chi connectivity index (χ4v) is 4.76. The van der Waals surface area contributed by atoms with Gasteiger partial charge in [0, 0.05) is 32.7 Å². The van der Waals surface area contributed by atoms with E-state index >= 15 is 0 Å². The number of nitrogens with zero attached hydrogens (tertiary/aromatic N) is 2. The van der Waals surface area contributed by atoms with E-state index in [0.29, 0.717) is 5.92 Å². The predicted molar refractivity (Wildman–Crippen MR) is 107 cm³/mol. The van der Waals surface area contributed by atoms with E-state index in [0.717, 1.165) is 51.1 Å². The monoisotopic (exact) mass is 409 g/mol. The molecule has 1 aromatic rings. The van der Waals surface area contributed by atoms with Gasteiger partial charge in [0.1, 0.15) is 0 Å². The summed E-state index contributed by atoms with van der Waals surface area (Å²) in [5.74, 6) is 0.714. The number of hydrogen-bond donors (Lipinski definition) is 1. The van der Waals surface area contributed by atoms with Crippen LogP contribution in [0.1, 0.15) is 32.3 Å². The van der Waals surface area contributed by atoms with E-state index in [4.69, 9.17) is 9.88 Å². The van der Waals surface area contributed by atoms with Gasteiger partial charge in [-0.25, -0.2) is 13.6 Å². The lowest BCUT2D eigenvalue weighted by Crippen LogP contribution is -2.48. The van der Waals surface area contributed by atoms with Crippen LogP contribution < -0.4 is 5.14 Å². The summed E-state index contributed by atoms with van der Waals surface area (Å²) < 4.78 is 28.4. The molecular formula is C20H31N3O4S. The average Bonchev–Trinajstić information content (AvgIpc) is 2.61. The van der Waals surface area contributed by atoms with Crippen molar-refractivity contribution in [3.63, 3.8) is 0 Å². The van der Waals surface area contributed by atoms with Crippen molar-refractivity contribution >= 4 is 15.9 Å². The van der Waals surface area contributed by atoms with Crippen molar-refractivity contribution in [2.24, 2.45) is 11.1 Å². The number of hydrogen-bond acceptors (Lipinski definition) is 5. The molecule has 0 spiro atoms. The van der Waals surface area contributed by atoms with Crippen molar-refractivity contribution in [1.82, 2.24) is 9.80 Å². The van der Waals surface area contributed by atoms with E-state index in [1.54, 1.807) is 12.1 Å². The molecule has 2 heterocycles. The molecule has 28 heavy (non-hydrogen) atoms. The Labute approximate surface area is 167 Å². The summed E-state index contributed by atoms with van der Waals surface area (Å²) in [6.45, 7) is 8.87. The zero-order chi connectivity index (χ0) is 20.3. The number of likely N-dealkylation sites (tertiary alicyclic amines) is 1. The maximum atomic E-state index is 12.6. The zero-order valence-corrected chi connectivity index (χ0v) is 17.5. The first kappa shape index (κ1) is 21.2. The summed E-state index contributed by atoms with van der Waals surface area (Å²) in [5, 5.41) is 5.11. The third-order valence-electron chi connectivity index (χ3n) is 5.59. The van der Waals surface area contributed by atoms with Crippen molar-refractivity contribution < 1.29 is 17.9 Å². The molecule has 0 aliphatic carbocycles. The lowest BCUT2D eigenvalue weighted by Gasteiger charge is -2.39. The highest BCUT2D eigenvalue weighted by molar-refractivity contribution is 7.89. The summed E-state index contributed by atoms with van der Waals surface area (Å²) in [7, 11) is -3.70. The molecule has 2 saturated heterocycles. The second-order valence-corrected chi connectivity index (χ2v) is 9.73. The van der Waals surface area contributed by atoms with Gasteiger partial charge in [-0.2, -0.15) is 0 Å². The molecule has 0 saturated carbocycles. The van der Waals surface area contributed by atoms with Crippen LogP contribution in [-0.2, 0) is 26.0 Å². The first-order chi connectivity index (χ1) is 13.2. The Morgan fingerprint density at radius 1 is 1.11 bits per heavy atom. The fourth-order valence-electron chi connectivity index (χ4n) is 4.25. The molecule has 0 aromatic heterocycles. The van der Waals surface area contributed by atoms with E-state index in [-0.39, 0.29) is 29.4 Å². The Hall–Kier alpha value is -1.48. The van der Waals surface area contributed by atoms with Gasteiger partial charge in [-0.3, -0.25) is 9.69 Å². The van der Waals surface area contributed by atoms with Gasteiger partial charge < -0.3 is 9.64 Å². The molecule has 7 nitrogen and oxygen atoms in total. The lowest BCUT2D eigenvalue weighted by molar-refractivity contribution is -0.132. The number of nitrogens with two attached hydrogens (primary N) is 1. The normalized spacial score (nSPS) is 25.0. The first-order valence-electron chi connectivity index (χ1n) is 9.98. The molecular weight excluding hydrogens is 378 g/mol. The maximum Gasteiger partial charge on any atom is 0.238 e. The number of carbonyl (C=O) groups is 1. The molecule has 2 aliphatic rings. The minimum atomic E-state index is -3.70. The van der Waals surface area contributed by atoms with Gasteiger partial charge in [-0.05, 0) is 50.3 Å². The van der Waals surface area contributed by atoms with Crippen LogP contribution in [0.3, 0.4) is 0 Å². The lowest BCUT2D eigenvalue weighted by atomic mass is 9.95. The number of morpholine rings is 1. The highest BCUT2D eigenvalue weighted by atomic mass is 32.2. The van der Waals surface area contributed by atoms with Gasteiger partial charge >= 0.3 is 0 Å². The number of ether oxygens (including phenoxy) is 1. The van der Waals surface area contributed by atoms with E-state index in [1.165, 1.54) is 12.1 Å². The number of primary sulfonamides is 1. The second kappa shape index (κ2) is 8.90. The summed E-state index contributed by atoms with van der Waals surface area (Å²) >= 11 is 0. The van der Waals surface area contributed by atoms with Gasteiger partial charge in [0.05, 0.1) is 23.5 Å². The first-order valence-corrected chi connectivity index (χ1v) is 11.5. The van der Waals surface area contributed by atoms with Crippen molar-refractivity contribution in [2.75, 3.05) is 32.7 Å². The van der Waals surface area contributed by atoms with Crippen LogP contribution in [0.2, 0.25) is 0 Å². The van der Waals surface area contributed by atoms with Crippen LogP contribution in [0.5, 0.6) is 0 Å². The van der Waals surface area contributed by atoms with E-state index in [2.05, 4.69) is 18.7 Å². The molecule has 1 aromatic carbocycles. The Kier molecular flexibility index (Phi) is 6.75. The highest BCUT2D eigenvalue weighted by Crippen LogP contribution is 2.21. The number of benzene rings is 1. The van der Waals surface area contributed by atoms with Crippen LogP contribution in [0.4, 0.5) is 0 Å². The minimum Gasteiger partial charge on any atom is -0.373 e. The molecule has 2 atom stereocenters. The van der Waals surface area contributed by atoms with Gasteiger partial charge in [0.2, 0.25) is 15.9 Å². The molecule has 3 rings (SSSR count).